The van der Waals surface area contributed by atoms with E-state index in [0.29, 0.717) is 12.2 Å². The molecule has 0 aliphatic heterocycles. The Balaban J connectivity index is 1.78. The quantitative estimate of drug-likeness (QED) is 0.655. The summed E-state index contributed by atoms with van der Waals surface area (Å²) >= 11 is 0. The number of hydrogen-bond acceptors (Lipinski definition) is 2. The summed E-state index contributed by atoms with van der Waals surface area (Å²) in [6.45, 7) is 0. The molecule has 18 heavy (non-hydrogen) atoms. The Bertz CT molecular complexity index is 669. The minimum atomic E-state index is -0.0657. The fraction of sp³-hybridized carbons (Fsp3) is 0.0769. The van der Waals surface area contributed by atoms with Crippen LogP contribution in [0.25, 0.3) is 10.9 Å². The van der Waals surface area contributed by atoms with Gasteiger partial charge in [0.1, 0.15) is 5.82 Å². The SMILES string of the molecule is O=C(Cc1c[nH]c2ccccc12)Nc1ccn[nH]1. The van der Waals surface area contributed by atoms with Crippen molar-refractivity contribution in [1.82, 2.24) is 15.2 Å². The van der Waals surface area contributed by atoms with Crippen molar-refractivity contribution in [2.45, 2.75) is 6.42 Å². The molecule has 3 rings (SSSR count). The molecule has 5 nitrogen and oxygen atoms in total. The summed E-state index contributed by atoms with van der Waals surface area (Å²) < 4.78 is 0. The third-order valence-electron chi connectivity index (χ3n) is 2.80. The molecule has 0 radical (unpaired) electrons. The topological polar surface area (TPSA) is 73.6 Å². The second kappa shape index (κ2) is 4.37. The molecule has 0 unspecified atom stereocenters. The van der Waals surface area contributed by atoms with Crippen LogP contribution in [0, 0.1) is 0 Å². The molecule has 0 saturated heterocycles. The molecule has 0 spiro atoms. The Hall–Kier alpha value is -2.56. The summed E-state index contributed by atoms with van der Waals surface area (Å²) in [5, 5.41) is 10.3. The van der Waals surface area contributed by atoms with Gasteiger partial charge in [-0.3, -0.25) is 9.89 Å². The van der Waals surface area contributed by atoms with E-state index in [1.54, 1.807) is 12.3 Å². The number of benzene rings is 1. The van der Waals surface area contributed by atoms with Gasteiger partial charge in [-0.05, 0) is 11.6 Å². The second-order valence-electron chi connectivity index (χ2n) is 4.05. The van der Waals surface area contributed by atoms with E-state index < -0.39 is 0 Å². The molecule has 2 heterocycles. The standard InChI is InChI=1S/C13H12N4O/c18-13(16-12-5-6-15-17-12)7-9-8-14-11-4-2-1-3-10(9)11/h1-6,8,14H,7H2,(H2,15,16,17,18). The van der Waals surface area contributed by atoms with Gasteiger partial charge in [-0.15, -0.1) is 0 Å². The van der Waals surface area contributed by atoms with Crippen molar-refractivity contribution in [1.29, 1.82) is 0 Å². The van der Waals surface area contributed by atoms with Crippen LogP contribution in [0.1, 0.15) is 5.56 Å². The van der Waals surface area contributed by atoms with Crippen LogP contribution in [0.4, 0.5) is 5.82 Å². The van der Waals surface area contributed by atoms with E-state index >= 15 is 0 Å². The average Bonchev–Trinajstić information content (AvgIpc) is 3.00. The van der Waals surface area contributed by atoms with Gasteiger partial charge in [0.15, 0.2) is 0 Å². The van der Waals surface area contributed by atoms with Gasteiger partial charge in [0.2, 0.25) is 5.91 Å². The summed E-state index contributed by atoms with van der Waals surface area (Å²) in [5.41, 5.74) is 2.03. The second-order valence-corrected chi connectivity index (χ2v) is 4.05. The first kappa shape index (κ1) is 10.6. The van der Waals surface area contributed by atoms with E-state index in [9.17, 15) is 4.79 Å². The molecule has 0 bridgehead atoms. The van der Waals surface area contributed by atoms with Crippen molar-refractivity contribution in [2.75, 3.05) is 5.32 Å². The van der Waals surface area contributed by atoms with Crippen molar-refractivity contribution >= 4 is 22.6 Å². The number of anilines is 1. The number of amides is 1. The maximum Gasteiger partial charge on any atom is 0.230 e. The van der Waals surface area contributed by atoms with Crippen molar-refractivity contribution in [3.63, 3.8) is 0 Å². The first-order valence-electron chi connectivity index (χ1n) is 5.67. The van der Waals surface area contributed by atoms with Crippen LogP contribution in [0.3, 0.4) is 0 Å². The molecule has 90 valence electrons. The summed E-state index contributed by atoms with van der Waals surface area (Å²) in [6.07, 6.45) is 3.81. The lowest BCUT2D eigenvalue weighted by atomic mass is 10.1. The van der Waals surface area contributed by atoms with E-state index in [1.807, 2.05) is 30.5 Å². The van der Waals surface area contributed by atoms with Gasteiger partial charge in [-0.25, -0.2) is 0 Å². The third-order valence-corrected chi connectivity index (χ3v) is 2.80. The van der Waals surface area contributed by atoms with Crippen LogP contribution in [-0.2, 0) is 11.2 Å². The Morgan fingerprint density at radius 2 is 2.17 bits per heavy atom. The van der Waals surface area contributed by atoms with E-state index in [0.717, 1.165) is 16.5 Å². The van der Waals surface area contributed by atoms with Crippen molar-refractivity contribution < 1.29 is 4.79 Å². The molecule has 0 aliphatic carbocycles. The third kappa shape index (κ3) is 1.98. The van der Waals surface area contributed by atoms with Crippen molar-refractivity contribution in [3.8, 4) is 0 Å². The highest BCUT2D eigenvalue weighted by molar-refractivity contribution is 5.95. The number of nitrogens with one attached hydrogen (secondary N) is 3. The Morgan fingerprint density at radius 3 is 3.00 bits per heavy atom. The maximum atomic E-state index is 11.8. The minimum absolute atomic E-state index is 0.0657. The molecule has 1 amide bonds. The Labute approximate surface area is 103 Å². The van der Waals surface area contributed by atoms with Crippen LogP contribution >= 0.6 is 0 Å². The lowest BCUT2D eigenvalue weighted by Crippen LogP contribution is -2.14. The highest BCUT2D eigenvalue weighted by atomic mass is 16.1. The molecule has 0 saturated carbocycles. The fourth-order valence-electron chi connectivity index (χ4n) is 1.97. The van der Waals surface area contributed by atoms with Crippen LogP contribution in [0.5, 0.6) is 0 Å². The number of aromatic nitrogens is 3. The molecule has 5 heteroatoms. The van der Waals surface area contributed by atoms with Crippen LogP contribution in [0.2, 0.25) is 0 Å². The maximum absolute atomic E-state index is 11.8. The molecule has 3 N–H and O–H groups in total. The number of carbonyl (C=O) groups excluding carboxylic acids is 1. The summed E-state index contributed by atoms with van der Waals surface area (Å²) in [5.74, 6) is 0.545. The molecule has 0 fully saturated rings. The average molecular weight is 240 g/mol. The monoisotopic (exact) mass is 240 g/mol. The first-order valence-corrected chi connectivity index (χ1v) is 5.67. The zero-order valence-electron chi connectivity index (χ0n) is 9.60. The number of aromatic amines is 2. The number of H-pyrrole nitrogens is 2. The number of para-hydroxylation sites is 1. The highest BCUT2D eigenvalue weighted by Crippen LogP contribution is 2.18. The highest BCUT2D eigenvalue weighted by Gasteiger charge is 2.08. The lowest BCUT2D eigenvalue weighted by Gasteiger charge is -2.01. The first-order chi connectivity index (χ1) is 8.83. The van der Waals surface area contributed by atoms with Gasteiger partial charge in [-0.2, -0.15) is 5.10 Å². The molecule has 2 aromatic heterocycles. The summed E-state index contributed by atoms with van der Waals surface area (Å²) in [7, 11) is 0. The number of carbonyl (C=O) groups is 1. The number of hydrogen-bond donors (Lipinski definition) is 3. The predicted molar refractivity (Wildman–Crippen MR) is 69.2 cm³/mol. The van der Waals surface area contributed by atoms with Gasteiger partial charge < -0.3 is 10.3 Å². The molecule has 3 aromatic rings. The molecular weight excluding hydrogens is 228 g/mol. The summed E-state index contributed by atoms with van der Waals surface area (Å²) in [6, 6.07) is 9.64. The molecule has 1 aromatic carbocycles. The fourth-order valence-corrected chi connectivity index (χ4v) is 1.97. The number of rotatable bonds is 3. The van der Waals surface area contributed by atoms with Gasteiger partial charge >= 0.3 is 0 Å². The number of nitrogens with zero attached hydrogens (tertiary/aromatic N) is 1. The Morgan fingerprint density at radius 1 is 1.28 bits per heavy atom. The number of fused-ring (bicyclic) bond motifs is 1. The molecule has 0 atom stereocenters. The van der Waals surface area contributed by atoms with E-state index in [1.165, 1.54) is 0 Å². The zero-order chi connectivity index (χ0) is 12.4. The van der Waals surface area contributed by atoms with E-state index in [-0.39, 0.29) is 5.91 Å². The van der Waals surface area contributed by atoms with E-state index in [2.05, 4.69) is 20.5 Å². The smallest absolute Gasteiger partial charge is 0.230 e. The zero-order valence-corrected chi connectivity index (χ0v) is 9.60. The van der Waals surface area contributed by atoms with Gasteiger partial charge in [0.05, 0.1) is 12.6 Å². The minimum Gasteiger partial charge on any atom is -0.361 e. The predicted octanol–water partition coefficient (Wildman–Crippen LogP) is 2.07. The van der Waals surface area contributed by atoms with Gasteiger partial charge in [0.25, 0.3) is 0 Å². The molecular formula is C13H12N4O. The lowest BCUT2D eigenvalue weighted by molar-refractivity contribution is -0.115. The van der Waals surface area contributed by atoms with Gasteiger partial charge in [-0.1, -0.05) is 18.2 Å². The Kier molecular flexibility index (Phi) is 2.57. The van der Waals surface area contributed by atoms with Crippen LogP contribution < -0.4 is 5.32 Å². The molecule has 0 aliphatic rings. The van der Waals surface area contributed by atoms with Gasteiger partial charge in [0, 0.05) is 23.2 Å². The van der Waals surface area contributed by atoms with Crippen LogP contribution in [0.15, 0.2) is 42.7 Å². The largest absolute Gasteiger partial charge is 0.361 e. The van der Waals surface area contributed by atoms with Crippen LogP contribution in [-0.4, -0.2) is 21.1 Å². The normalized spacial score (nSPS) is 10.7. The van der Waals surface area contributed by atoms with E-state index in [4.69, 9.17) is 0 Å². The van der Waals surface area contributed by atoms with Crippen molar-refractivity contribution in [2.24, 2.45) is 0 Å². The summed E-state index contributed by atoms with van der Waals surface area (Å²) in [4.78, 5) is 15.0. The van der Waals surface area contributed by atoms with Crippen molar-refractivity contribution in [3.05, 3.63) is 48.3 Å².